The lowest BCUT2D eigenvalue weighted by Gasteiger charge is -2.18. The zero-order valence-corrected chi connectivity index (χ0v) is 9.19. The van der Waals surface area contributed by atoms with E-state index in [1.807, 2.05) is 0 Å². The zero-order valence-electron chi connectivity index (χ0n) is 9.19. The lowest BCUT2D eigenvalue weighted by Crippen LogP contribution is -2.39. The maximum atomic E-state index is 11.4. The average Bonchev–Trinajstić information content (AvgIpc) is 2.27. The first kappa shape index (κ1) is 14.0. The lowest BCUT2D eigenvalue weighted by molar-refractivity contribution is -0.151. The molecule has 0 spiro atoms. The molecule has 0 heterocycles. The van der Waals surface area contributed by atoms with E-state index < -0.39 is 17.8 Å². The summed E-state index contributed by atoms with van der Waals surface area (Å²) in [5, 5.41) is 0. The lowest BCUT2D eigenvalue weighted by atomic mass is 10.3. The number of hydrogen-bond donors (Lipinski definition) is 0. The summed E-state index contributed by atoms with van der Waals surface area (Å²) in [6.07, 6.45) is 4.78. The van der Waals surface area contributed by atoms with Gasteiger partial charge in [0.2, 0.25) is 5.91 Å². The summed E-state index contributed by atoms with van der Waals surface area (Å²) in [4.78, 5) is 34.4. The van der Waals surface area contributed by atoms with E-state index in [2.05, 4.69) is 15.4 Å². The van der Waals surface area contributed by atoms with Gasteiger partial charge in [-0.15, -0.1) is 6.42 Å². The van der Waals surface area contributed by atoms with E-state index in [9.17, 15) is 14.4 Å². The number of esters is 2. The van der Waals surface area contributed by atoms with Crippen LogP contribution in [0.2, 0.25) is 0 Å². The van der Waals surface area contributed by atoms with Crippen molar-refractivity contribution in [1.82, 2.24) is 4.90 Å². The normalized spacial score (nSPS) is 8.81. The molecule has 16 heavy (non-hydrogen) atoms. The van der Waals surface area contributed by atoms with Crippen LogP contribution >= 0.6 is 0 Å². The van der Waals surface area contributed by atoms with Crippen LogP contribution in [0.5, 0.6) is 0 Å². The van der Waals surface area contributed by atoms with Gasteiger partial charge in [0.05, 0.1) is 20.6 Å². The molecule has 0 saturated heterocycles. The van der Waals surface area contributed by atoms with Crippen LogP contribution in [0.4, 0.5) is 0 Å². The Morgan fingerprint density at radius 1 is 1.12 bits per heavy atom. The highest BCUT2D eigenvalue weighted by Gasteiger charge is 2.19. The van der Waals surface area contributed by atoms with E-state index in [1.54, 1.807) is 0 Å². The topological polar surface area (TPSA) is 72.9 Å². The van der Waals surface area contributed by atoms with Crippen molar-refractivity contribution in [3.8, 4) is 12.3 Å². The first-order valence-electron chi connectivity index (χ1n) is 4.40. The number of ether oxygens (including phenoxy) is 2. The summed E-state index contributed by atoms with van der Waals surface area (Å²) in [5.41, 5.74) is 0. The third kappa shape index (κ3) is 5.00. The van der Waals surface area contributed by atoms with Crippen molar-refractivity contribution in [2.75, 3.05) is 27.3 Å². The highest BCUT2D eigenvalue weighted by molar-refractivity contribution is 5.87. The van der Waals surface area contributed by atoms with Crippen molar-refractivity contribution in [2.24, 2.45) is 0 Å². The van der Waals surface area contributed by atoms with Crippen LogP contribution in [0.3, 0.4) is 0 Å². The Labute approximate surface area is 93.5 Å². The predicted molar refractivity (Wildman–Crippen MR) is 54.1 cm³/mol. The number of nitrogens with zero attached hydrogens (tertiary/aromatic N) is 1. The van der Waals surface area contributed by atoms with Crippen LogP contribution < -0.4 is 0 Å². The Morgan fingerprint density at radius 2 is 1.56 bits per heavy atom. The van der Waals surface area contributed by atoms with E-state index >= 15 is 0 Å². The molecule has 0 unspecified atom stereocenters. The van der Waals surface area contributed by atoms with Crippen LogP contribution in [0.25, 0.3) is 0 Å². The van der Waals surface area contributed by atoms with E-state index in [0.29, 0.717) is 0 Å². The van der Waals surface area contributed by atoms with Crippen LogP contribution in [0, 0.1) is 12.3 Å². The van der Waals surface area contributed by atoms with E-state index in [-0.39, 0.29) is 19.5 Å². The molecule has 6 heteroatoms. The smallest absolute Gasteiger partial charge is 0.325 e. The van der Waals surface area contributed by atoms with Crippen LogP contribution in [-0.2, 0) is 23.9 Å². The molecule has 6 nitrogen and oxygen atoms in total. The second-order valence-electron chi connectivity index (χ2n) is 2.78. The Bertz CT molecular complexity index is 300. The molecule has 0 aromatic rings. The summed E-state index contributed by atoms with van der Waals surface area (Å²) >= 11 is 0. The fourth-order valence-electron chi connectivity index (χ4n) is 0.872. The molecule has 0 saturated carbocycles. The number of hydrogen-bond acceptors (Lipinski definition) is 5. The summed E-state index contributed by atoms with van der Waals surface area (Å²) in [6.45, 7) is -0.655. The fraction of sp³-hybridized carbons (Fsp3) is 0.500. The molecule has 0 aromatic heterocycles. The second-order valence-corrected chi connectivity index (χ2v) is 2.78. The van der Waals surface area contributed by atoms with E-state index in [4.69, 9.17) is 6.42 Å². The molecule has 0 aliphatic rings. The first-order chi connectivity index (χ1) is 7.54. The molecule has 0 radical (unpaired) electrons. The van der Waals surface area contributed by atoms with Gasteiger partial charge in [-0.25, -0.2) is 0 Å². The molecule has 1 amide bonds. The Kier molecular flexibility index (Phi) is 6.36. The quantitative estimate of drug-likeness (QED) is 0.453. The summed E-state index contributed by atoms with van der Waals surface area (Å²) < 4.78 is 8.78. The van der Waals surface area contributed by atoms with Crippen LogP contribution in [-0.4, -0.2) is 50.1 Å². The molecular formula is C10H13NO5. The Morgan fingerprint density at radius 3 is 1.88 bits per heavy atom. The third-order valence-electron chi connectivity index (χ3n) is 1.70. The number of methoxy groups -OCH3 is 2. The Balaban J connectivity index is 4.50. The van der Waals surface area contributed by atoms with Gasteiger partial charge in [0.25, 0.3) is 0 Å². The van der Waals surface area contributed by atoms with Gasteiger partial charge in [-0.2, -0.15) is 0 Å². The van der Waals surface area contributed by atoms with Crippen molar-refractivity contribution >= 4 is 17.8 Å². The minimum absolute atomic E-state index is 0.187. The maximum Gasteiger partial charge on any atom is 0.325 e. The van der Waals surface area contributed by atoms with Gasteiger partial charge >= 0.3 is 11.9 Å². The van der Waals surface area contributed by atoms with Crippen LogP contribution in [0.15, 0.2) is 0 Å². The molecular weight excluding hydrogens is 214 g/mol. The van der Waals surface area contributed by atoms with Crippen molar-refractivity contribution in [1.29, 1.82) is 0 Å². The molecule has 88 valence electrons. The van der Waals surface area contributed by atoms with Crippen LogP contribution in [0.1, 0.15) is 6.42 Å². The minimum Gasteiger partial charge on any atom is -0.468 e. The van der Waals surface area contributed by atoms with Gasteiger partial charge in [0, 0.05) is 0 Å². The summed E-state index contributed by atoms with van der Waals surface area (Å²) in [7, 11) is 2.37. The van der Waals surface area contributed by atoms with E-state index in [0.717, 1.165) is 4.90 Å². The van der Waals surface area contributed by atoms with Gasteiger partial charge in [-0.05, 0) is 0 Å². The molecule has 0 rings (SSSR count). The standard InChI is InChI=1S/C10H13NO5/c1-4-5-8(12)11(6-9(13)15-2)7-10(14)16-3/h1H,5-7H2,2-3H3. The number of rotatable bonds is 5. The average molecular weight is 227 g/mol. The summed E-state index contributed by atoms with van der Waals surface area (Å²) in [6, 6.07) is 0. The van der Waals surface area contributed by atoms with Crippen molar-refractivity contribution < 1.29 is 23.9 Å². The molecule has 0 fully saturated rings. The molecule has 0 bridgehead atoms. The minimum atomic E-state index is -0.630. The third-order valence-corrected chi connectivity index (χ3v) is 1.70. The van der Waals surface area contributed by atoms with Crippen molar-refractivity contribution in [3.05, 3.63) is 0 Å². The molecule has 0 aliphatic heterocycles. The highest BCUT2D eigenvalue weighted by atomic mass is 16.5. The number of amides is 1. The maximum absolute atomic E-state index is 11.4. The zero-order chi connectivity index (χ0) is 12.6. The van der Waals surface area contributed by atoms with Gasteiger partial charge in [-0.3, -0.25) is 14.4 Å². The second kappa shape index (κ2) is 7.29. The first-order valence-corrected chi connectivity index (χ1v) is 4.40. The van der Waals surface area contributed by atoms with Gasteiger partial charge in [0.15, 0.2) is 0 Å². The SMILES string of the molecule is C#CCC(=O)N(CC(=O)OC)CC(=O)OC. The van der Waals surface area contributed by atoms with Crippen molar-refractivity contribution in [2.45, 2.75) is 6.42 Å². The molecule has 0 aliphatic carbocycles. The van der Waals surface area contributed by atoms with E-state index in [1.165, 1.54) is 14.2 Å². The van der Waals surface area contributed by atoms with Crippen molar-refractivity contribution in [3.63, 3.8) is 0 Å². The van der Waals surface area contributed by atoms with Gasteiger partial charge in [-0.1, -0.05) is 5.92 Å². The highest BCUT2D eigenvalue weighted by Crippen LogP contribution is 1.96. The molecule has 0 atom stereocenters. The number of terminal acetylenes is 1. The number of carbonyl (C=O) groups is 3. The Hall–Kier alpha value is -2.03. The fourth-order valence-corrected chi connectivity index (χ4v) is 0.872. The molecule has 0 aromatic carbocycles. The van der Waals surface area contributed by atoms with Gasteiger partial charge < -0.3 is 14.4 Å². The molecule has 0 N–H and O–H groups in total. The number of carbonyl (C=O) groups excluding carboxylic acids is 3. The van der Waals surface area contributed by atoms with Gasteiger partial charge in [0.1, 0.15) is 13.1 Å². The summed E-state index contributed by atoms with van der Waals surface area (Å²) in [5.74, 6) is 0.373. The monoisotopic (exact) mass is 227 g/mol. The largest absolute Gasteiger partial charge is 0.468 e. The predicted octanol–water partition coefficient (Wildman–Crippen LogP) is -0.816.